The molecule has 24 heavy (non-hydrogen) atoms. The molecule has 4 nitrogen and oxygen atoms in total. The molecule has 1 heterocycles. The van der Waals surface area contributed by atoms with Gasteiger partial charge < -0.3 is 9.64 Å². The van der Waals surface area contributed by atoms with Crippen molar-refractivity contribution in [1.82, 2.24) is 4.90 Å². The first-order chi connectivity index (χ1) is 11.8. The molecule has 0 unspecified atom stereocenters. The smallest absolute Gasteiger partial charge is 0.223 e. The molecule has 1 amide bonds. The minimum Gasteiger partial charge on any atom is -0.377 e. The van der Waals surface area contributed by atoms with Gasteiger partial charge in [0, 0.05) is 24.9 Å². The number of morpholine rings is 1. The second-order valence-corrected chi connectivity index (χ2v) is 5.88. The molecule has 0 bridgehead atoms. The molecule has 1 saturated heterocycles. The van der Waals surface area contributed by atoms with E-state index < -0.39 is 0 Å². The number of hydrogen-bond acceptors (Lipinski definition) is 3. The van der Waals surface area contributed by atoms with Gasteiger partial charge in [-0.2, -0.15) is 0 Å². The molecule has 1 aliphatic heterocycles. The highest BCUT2D eigenvalue weighted by Crippen LogP contribution is 2.25. The van der Waals surface area contributed by atoms with Crippen LogP contribution in [0.1, 0.15) is 34.8 Å². The highest BCUT2D eigenvalue weighted by Gasteiger charge is 2.28. The van der Waals surface area contributed by atoms with Crippen LogP contribution in [0, 0.1) is 0 Å². The van der Waals surface area contributed by atoms with Crippen molar-refractivity contribution in [2.75, 3.05) is 19.8 Å². The van der Waals surface area contributed by atoms with Crippen molar-refractivity contribution in [2.24, 2.45) is 0 Å². The van der Waals surface area contributed by atoms with E-state index >= 15 is 0 Å². The van der Waals surface area contributed by atoms with Crippen LogP contribution in [0.4, 0.5) is 0 Å². The quantitative estimate of drug-likeness (QED) is 0.794. The second-order valence-electron chi connectivity index (χ2n) is 5.88. The molecule has 1 fully saturated rings. The van der Waals surface area contributed by atoms with Gasteiger partial charge >= 0.3 is 0 Å². The summed E-state index contributed by atoms with van der Waals surface area (Å²) in [5, 5.41) is 0. The van der Waals surface area contributed by atoms with Gasteiger partial charge in [0.2, 0.25) is 5.91 Å². The molecule has 1 aliphatic rings. The predicted octanol–water partition coefficient (Wildman–Crippen LogP) is 3.25. The normalized spacial score (nSPS) is 17.5. The van der Waals surface area contributed by atoms with Gasteiger partial charge in [-0.05, 0) is 5.56 Å². The van der Waals surface area contributed by atoms with E-state index in [0.29, 0.717) is 25.3 Å². The maximum Gasteiger partial charge on any atom is 0.223 e. The van der Waals surface area contributed by atoms with E-state index in [1.165, 1.54) is 0 Å². The van der Waals surface area contributed by atoms with Gasteiger partial charge in [0.15, 0.2) is 5.78 Å². The molecule has 4 heteroatoms. The Bertz CT molecular complexity index is 685. The van der Waals surface area contributed by atoms with Crippen molar-refractivity contribution < 1.29 is 14.3 Å². The molecule has 0 N–H and O–H groups in total. The lowest BCUT2D eigenvalue weighted by atomic mass is 10.0. The Labute approximate surface area is 142 Å². The topological polar surface area (TPSA) is 46.6 Å². The fraction of sp³-hybridized carbons (Fsp3) is 0.300. The van der Waals surface area contributed by atoms with Crippen molar-refractivity contribution >= 4 is 11.7 Å². The zero-order chi connectivity index (χ0) is 16.8. The summed E-state index contributed by atoms with van der Waals surface area (Å²) in [7, 11) is 0. The van der Waals surface area contributed by atoms with Gasteiger partial charge in [-0.3, -0.25) is 9.59 Å². The molecule has 0 spiro atoms. The summed E-state index contributed by atoms with van der Waals surface area (Å²) in [6.45, 7) is 1.61. The Hall–Kier alpha value is -2.46. The minimum absolute atomic E-state index is 0.00784. The first-order valence-electron chi connectivity index (χ1n) is 8.26. The fourth-order valence-corrected chi connectivity index (χ4v) is 2.99. The molecule has 0 radical (unpaired) electrons. The summed E-state index contributed by atoms with van der Waals surface area (Å²) < 4.78 is 5.55. The number of carbonyl (C=O) groups is 2. The van der Waals surface area contributed by atoms with Crippen LogP contribution in [0.3, 0.4) is 0 Å². The number of rotatable bonds is 5. The molecule has 1 atom stereocenters. The maximum absolute atomic E-state index is 12.6. The predicted molar refractivity (Wildman–Crippen MR) is 91.7 cm³/mol. The molecule has 2 aromatic carbocycles. The molecule has 0 aliphatic carbocycles. The summed E-state index contributed by atoms with van der Waals surface area (Å²) >= 11 is 0. The summed E-state index contributed by atoms with van der Waals surface area (Å²) in [6.07, 6.45) is 0.471. The molecule has 0 aromatic heterocycles. The lowest BCUT2D eigenvalue weighted by Crippen LogP contribution is -2.43. The van der Waals surface area contributed by atoms with Gasteiger partial charge in [-0.15, -0.1) is 0 Å². The van der Waals surface area contributed by atoms with Gasteiger partial charge in [0.1, 0.15) is 0 Å². The molecule has 3 rings (SSSR count). The Kier molecular flexibility index (Phi) is 5.39. The number of hydrogen-bond donors (Lipinski definition) is 0. The lowest BCUT2D eigenvalue weighted by molar-refractivity contribution is -0.140. The van der Waals surface area contributed by atoms with Crippen molar-refractivity contribution in [3.05, 3.63) is 71.8 Å². The Morgan fingerprint density at radius 3 is 2.33 bits per heavy atom. The third kappa shape index (κ3) is 3.89. The number of Topliss-reactive ketones (excluding diaryl/α,β-unsaturated/α-hetero) is 1. The zero-order valence-corrected chi connectivity index (χ0v) is 13.6. The van der Waals surface area contributed by atoms with Crippen LogP contribution in [0.5, 0.6) is 0 Å². The van der Waals surface area contributed by atoms with Crippen LogP contribution in [0.2, 0.25) is 0 Å². The monoisotopic (exact) mass is 323 g/mol. The zero-order valence-electron chi connectivity index (χ0n) is 13.6. The third-order valence-corrected chi connectivity index (χ3v) is 4.29. The SMILES string of the molecule is O=C(CCC(=O)N1CCOC[C@H]1c1ccccc1)c1ccccc1. The Morgan fingerprint density at radius 2 is 1.62 bits per heavy atom. The van der Waals surface area contributed by atoms with Gasteiger partial charge in [0.25, 0.3) is 0 Å². The Morgan fingerprint density at radius 1 is 0.958 bits per heavy atom. The molecule has 0 saturated carbocycles. The van der Waals surface area contributed by atoms with E-state index in [9.17, 15) is 9.59 Å². The van der Waals surface area contributed by atoms with Crippen LogP contribution in [0.25, 0.3) is 0 Å². The van der Waals surface area contributed by atoms with Crippen molar-refractivity contribution in [3.8, 4) is 0 Å². The number of amides is 1. The highest BCUT2D eigenvalue weighted by molar-refractivity contribution is 5.97. The summed E-state index contributed by atoms with van der Waals surface area (Å²) in [4.78, 5) is 26.7. The molecular formula is C20H21NO3. The average molecular weight is 323 g/mol. The van der Waals surface area contributed by atoms with E-state index in [0.717, 1.165) is 5.56 Å². The number of ether oxygens (including phenoxy) is 1. The van der Waals surface area contributed by atoms with Crippen LogP contribution in [0.15, 0.2) is 60.7 Å². The van der Waals surface area contributed by atoms with E-state index in [2.05, 4.69) is 0 Å². The molecule has 124 valence electrons. The van der Waals surface area contributed by atoms with Crippen LogP contribution in [-0.2, 0) is 9.53 Å². The van der Waals surface area contributed by atoms with E-state index in [1.54, 1.807) is 12.1 Å². The third-order valence-electron chi connectivity index (χ3n) is 4.29. The van der Waals surface area contributed by atoms with Crippen molar-refractivity contribution in [1.29, 1.82) is 0 Å². The van der Waals surface area contributed by atoms with Crippen LogP contribution in [-0.4, -0.2) is 36.3 Å². The summed E-state index contributed by atoms with van der Waals surface area (Å²) in [5.74, 6) is 0.0184. The first kappa shape index (κ1) is 16.4. The van der Waals surface area contributed by atoms with Gasteiger partial charge in [0.05, 0.1) is 19.3 Å². The second kappa shape index (κ2) is 7.88. The van der Waals surface area contributed by atoms with E-state index in [4.69, 9.17) is 4.74 Å². The van der Waals surface area contributed by atoms with Crippen molar-refractivity contribution in [3.63, 3.8) is 0 Å². The molecular weight excluding hydrogens is 302 g/mol. The maximum atomic E-state index is 12.6. The summed E-state index contributed by atoms with van der Waals surface area (Å²) in [5.41, 5.74) is 1.73. The number of benzene rings is 2. The average Bonchev–Trinajstić information content (AvgIpc) is 2.67. The van der Waals surface area contributed by atoms with Crippen LogP contribution >= 0.6 is 0 Å². The molecule has 2 aromatic rings. The number of ketones is 1. The van der Waals surface area contributed by atoms with Gasteiger partial charge in [-0.25, -0.2) is 0 Å². The van der Waals surface area contributed by atoms with Gasteiger partial charge in [-0.1, -0.05) is 60.7 Å². The van der Waals surface area contributed by atoms with Crippen LogP contribution < -0.4 is 0 Å². The Balaban J connectivity index is 1.63. The largest absolute Gasteiger partial charge is 0.377 e. The van der Waals surface area contributed by atoms with E-state index in [1.807, 2.05) is 53.4 Å². The van der Waals surface area contributed by atoms with E-state index in [-0.39, 0.29) is 30.6 Å². The lowest BCUT2D eigenvalue weighted by Gasteiger charge is -2.36. The van der Waals surface area contributed by atoms with Crippen molar-refractivity contribution in [2.45, 2.75) is 18.9 Å². The number of nitrogens with zero attached hydrogens (tertiary/aromatic N) is 1. The highest BCUT2D eigenvalue weighted by atomic mass is 16.5. The standard InChI is InChI=1S/C20H21NO3/c22-19(17-9-5-2-6-10-17)11-12-20(23)21-13-14-24-15-18(21)16-7-3-1-4-8-16/h1-10,18H,11-15H2/t18-/m0/s1. The minimum atomic E-state index is -0.0701. The first-order valence-corrected chi connectivity index (χ1v) is 8.26. The number of carbonyl (C=O) groups excluding carboxylic acids is 2. The summed E-state index contributed by atoms with van der Waals surface area (Å²) in [6, 6.07) is 18.9. The fourth-order valence-electron chi connectivity index (χ4n) is 2.99.